The van der Waals surface area contributed by atoms with Crippen LogP contribution in [0.1, 0.15) is 11.1 Å². The van der Waals surface area contributed by atoms with Crippen molar-refractivity contribution < 1.29 is 14.3 Å². The van der Waals surface area contributed by atoms with Crippen molar-refractivity contribution in [3.8, 4) is 5.75 Å². The third kappa shape index (κ3) is 4.71. The van der Waals surface area contributed by atoms with E-state index in [9.17, 15) is 9.59 Å². The first-order valence-electron chi connectivity index (χ1n) is 7.84. The summed E-state index contributed by atoms with van der Waals surface area (Å²) in [7, 11) is 0. The SMILES string of the molecule is Cc1ccccc1NC(=O)COc1cccc(/C=C2\SC(=S)NC2=O)c1. The molecule has 1 aliphatic heterocycles. The van der Waals surface area contributed by atoms with Gasteiger partial charge in [-0.3, -0.25) is 9.59 Å². The number of aryl methyl sites for hydroxylation is 1. The van der Waals surface area contributed by atoms with E-state index in [0.717, 1.165) is 16.8 Å². The molecule has 0 radical (unpaired) electrons. The first kappa shape index (κ1) is 18.2. The molecular weight excluding hydrogens is 368 g/mol. The van der Waals surface area contributed by atoms with E-state index in [1.54, 1.807) is 24.3 Å². The average molecular weight is 384 g/mol. The van der Waals surface area contributed by atoms with Crippen LogP contribution >= 0.6 is 24.0 Å². The Hall–Kier alpha value is -2.64. The van der Waals surface area contributed by atoms with Gasteiger partial charge < -0.3 is 15.4 Å². The highest BCUT2D eigenvalue weighted by Crippen LogP contribution is 2.26. The normalized spacial score (nSPS) is 15.0. The number of thioether (sulfide) groups is 1. The highest BCUT2D eigenvalue weighted by Gasteiger charge is 2.21. The first-order valence-corrected chi connectivity index (χ1v) is 9.07. The summed E-state index contributed by atoms with van der Waals surface area (Å²) in [5.74, 6) is 0.105. The quantitative estimate of drug-likeness (QED) is 0.610. The van der Waals surface area contributed by atoms with Gasteiger partial charge in [-0.2, -0.15) is 0 Å². The minimum Gasteiger partial charge on any atom is -0.484 e. The molecule has 1 aliphatic rings. The van der Waals surface area contributed by atoms with Gasteiger partial charge in [-0.15, -0.1) is 0 Å². The zero-order valence-electron chi connectivity index (χ0n) is 13.9. The molecule has 2 N–H and O–H groups in total. The minimum absolute atomic E-state index is 0.103. The fraction of sp³-hybridized carbons (Fsp3) is 0.105. The van der Waals surface area contributed by atoms with Crippen molar-refractivity contribution in [2.75, 3.05) is 11.9 Å². The lowest BCUT2D eigenvalue weighted by Gasteiger charge is -2.09. The van der Waals surface area contributed by atoms with Gasteiger partial charge in [0.25, 0.3) is 11.8 Å². The number of hydrogen-bond donors (Lipinski definition) is 2. The lowest BCUT2D eigenvalue weighted by Crippen LogP contribution is -2.20. The van der Waals surface area contributed by atoms with Gasteiger partial charge in [0.05, 0.1) is 4.91 Å². The van der Waals surface area contributed by atoms with E-state index in [2.05, 4.69) is 10.6 Å². The molecule has 0 unspecified atom stereocenters. The second kappa shape index (κ2) is 8.16. The topological polar surface area (TPSA) is 67.4 Å². The molecule has 5 nitrogen and oxygen atoms in total. The zero-order valence-corrected chi connectivity index (χ0v) is 15.6. The fourth-order valence-electron chi connectivity index (χ4n) is 2.31. The van der Waals surface area contributed by atoms with Gasteiger partial charge in [0, 0.05) is 5.69 Å². The molecule has 2 aromatic rings. The van der Waals surface area contributed by atoms with Crippen LogP contribution in [-0.2, 0) is 9.59 Å². The summed E-state index contributed by atoms with van der Waals surface area (Å²) in [6.45, 7) is 1.82. The number of carbonyl (C=O) groups is 2. The summed E-state index contributed by atoms with van der Waals surface area (Å²) in [4.78, 5) is 24.3. The monoisotopic (exact) mass is 384 g/mol. The van der Waals surface area contributed by atoms with Gasteiger partial charge >= 0.3 is 0 Å². The van der Waals surface area contributed by atoms with Gasteiger partial charge in [-0.25, -0.2) is 0 Å². The molecule has 0 bridgehead atoms. The molecular formula is C19H16N2O3S2. The van der Waals surface area contributed by atoms with Crippen molar-refractivity contribution in [1.82, 2.24) is 5.32 Å². The predicted molar refractivity (Wildman–Crippen MR) is 108 cm³/mol. The number of para-hydroxylation sites is 1. The van der Waals surface area contributed by atoms with Crippen LogP contribution in [-0.4, -0.2) is 22.7 Å². The van der Waals surface area contributed by atoms with E-state index in [4.69, 9.17) is 17.0 Å². The van der Waals surface area contributed by atoms with E-state index >= 15 is 0 Å². The van der Waals surface area contributed by atoms with Crippen molar-refractivity contribution in [2.45, 2.75) is 6.92 Å². The Morgan fingerprint density at radius 3 is 2.81 bits per heavy atom. The van der Waals surface area contributed by atoms with Gasteiger partial charge in [-0.1, -0.05) is 54.3 Å². The molecule has 2 aromatic carbocycles. The average Bonchev–Trinajstić information content (AvgIpc) is 2.93. The number of ether oxygens (including phenoxy) is 1. The molecule has 26 heavy (non-hydrogen) atoms. The summed E-state index contributed by atoms with van der Waals surface area (Å²) in [6, 6.07) is 14.7. The van der Waals surface area contributed by atoms with Crippen LogP contribution in [0.4, 0.5) is 5.69 Å². The van der Waals surface area contributed by atoms with E-state index in [-0.39, 0.29) is 18.4 Å². The van der Waals surface area contributed by atoms with Gasteiger partial charge in [0.1, 0.15) is 10.1 Å². The zero-order chi connectivity index (χ0) is 18.5. The number of thiocarbonyl (C=S) groups is 1. The molecule has 1 saturated heterocycles. The Morgan fingerprint density at radius 1 is 1.27 bits per heavy atom. The van der Waals surface area contributed by atoms with Gasteiger partial charge in [-0.05, 0) is 42.3 Å². The highest BCUT2D eigenvalue weighted by molar-refractivity contribution is 8.26. The van der Waals surface area contributed by atoms with Crippen molar-refractivity contribution in [1.29, 1.82) is 0 Å². The summed E-state index contributed by atoms with van der Waals surface area (Å²) in [5, 5.41) is 5.39. The summed E-state index contributed by atoms with van der Waals surface area (Å²) < 4.78 is 6.00. The van der Waals surface area contributed by atoms with Crippen LogP contribution in [0, 0.1) is 6.92 Å². The maximum atomic E-state index is 12.1. The predicted octanol–water partition coefficient (Wildman–Crippen LogP) is 3.50. The number of amides is 2. The van der Waals surface area contributed by atoms with Gasteiger partial charge in [0.15, 0.2) is 6.61 Å². The van der Waals surface area contributed by atoms with E-state index in [0.29, 0.717) is 15.0 Å². The smallest absolute Gasteiger partial charge is 0.263 e. The summed E-state index contributed by atoms with van der Waals surface area (Å²) >= 11 is 6.19. The molecule has 3 rings (SSSR count). The van der Waals surface area contributed by atoms with Crippen molar-refractivity contribution in [2.24, 2.45) is 0 Å². The molecule has 0 spiro atoms. The number of rotatable bonds is 5. The Balaban J connectivity index is 1.61. The van der Waals surface area contributed by atoms with Crippen LogP contribution < -0.4 is 15.4 Å². The number of carbonyl (C=O) groups excluding carboxylic acids is 2. The largest absolute Gasteiger partial charge is 0.484 e. The molecule has 7 heteroatoms. The van der Waals surface area contributed by atoms with Crippen LogP contribution in [0.5, 0.6) is 5.75 Å². The Morgan fingerprint density at radius 2 is 2.08 bits per heavy atom. The summed E-state index contributed by atoms with van der Waals surface area (Å²) in [5.41, 5.74) is 2.55. The third-order valence-corrected chi connectivity index (χ3v) is 4.75. The lowest BCUT2D eigenvalue weighted by atomic mass is 10.2. The standard InChI is InChI=1S/C19H16N2O3S2/c1-12-5-2-3-8-15(12)20-17(22)11-24-14-7-4-6-13(9-14)10-16-18(23)21-19(25)26-16/h2-10H,11H2,1H3,(H,20,22)(H,21,23,25)/b16-10-. The van der Waals surface area contributed by atoms with Crippen molar-refractivity contribution >= 4 is 51.9 Å². The van der Waals surface area contributed by atoms with E-state index in [1.165, 1.54) is 11.8 Å². The second-order valence-electron chi connectivity index (χ2n) is 5.58. The van der Waals surface area contributed by atoms with Gasteiger partial charge in [0.2, 0.25) is 0 Å². The number of benzene rings is 2. The molecule has 132 valence electrons. The molecule has 0 aliphatic carbocycles. The Bertz CT molecular complexity index is 909. The Labute approximate surface area is 160 Å². The second-order valence-corrected chi connectivity index (χ2v) is 7.30. The molecule has 0 saturated carbocycles. The molecule has 0 atom stereocenters. The molecule has 0 aromatic heterocycles. The maximum absolute atomic E-state index is 12.1. The third-order valence-electron chi connectivity index (χ3n) is 3.59. The number of anilines is 1. The summed E-state index contributed by atoms with van der Waals surface area (Å²) in [6.07, 6.45) is 1.74. The number of hydrogen-bond acceptors (Lipinski definition) is 5. The van der Waals surface area contributed by atoms with Crippen molar-refractivity contribution in [3.05, 3.63) is 64.6 Å². The van der Waals surface area contributed by atoms with E-state index in [1.807, 2.05) is 37.3 Å². The van der Waals surface area contributed by atoms with Crippen molar-refractivity contribution in [3.63, 3.8) is 0 Å². The van der Waals surface area contributed by atoms with Crippen LogP contribution in [0.3, 0.4) is 0 Å². The lowest BCUT2D eigenvalue weighted by molar-refractivity contribution is -0.118. The molecule has 1 heterocycles. The maximum Gasteiger partial charge on any atom is 0.263 e. The van der Waals surface area contributed by atoms with Crippen LogP contribution in [0.15, 0.2) is 53.4 Å². The van der Waals surface area contributed by atoms with E-state index < -0.39 is 0 Å². The first-order chi connectivity index (χ1) is 12.5. The van der Waals surface area contributed by atoms with Crippen LogP contribution in [0.2, 0.25) is 0 Å². The molecule has 2 amide bonds. The number of nitrogens with one attached hydrogen (secondary N) is 2. The molecule has 1 fully saturated rings. The fourth-order valence-corrected chi connectivity index (χ4v) is 3.36. The Kier molecular flexibility index (Phi) is 5.70. The minimum atomic E-state index is -0.237. The van der Waals surface area contributed by atoms with Crippen LogP contribution in [0.25, 0.3) is 6.08 Å². The highest BCUT2D eigenvalue weighted by atomic mass is 32.2.